The van der Waals surface area contributed by atoms with Gasteiger partial charge >= 0.3 is 0 Å². The van der Waals surface area contributed by atoms with E-state index >= 15 is 0 Å². The second-order valence-electron chi connectivity index (χ2n) is 3.64. The monoisotopic (exact) mass is 221 g/mol. The molecule has 0 radical (unpaired) electrons. The van der Waals surface area contributed by atoms with E-state index < -0.39 is 0 Å². The van der Waals surface area contributed by atoms with E-state index in [0.717, 1.165) is 11.4 Å². The number of anilines is 1. The summed E-state index contributed by atoms with van der Waals surface area (Å²) in [6.45, 7) is 3.78. The molecule has 0 saturated heterocycles. The number of nitrogens with zero attached hydrogens (tertiary/aromatic N) is 3. The van der Waals surface area contributed by atoms with Gasteiger partial charge in [0.2, 0.25) is 5.96 Å². The Labute approximate surface area is 93.8 Å². The minimum atomic E-state index is -0.161. The van der Waals surface area contributed by atoms with Crippen molar-refractivity contribution >= 4 is 17.6 Å². The minimum absolute atomic E-state index is 0.161. The molecule has 1 aromatic heterocycles. The van der Waals surface area contributed by atoms with E-state index in [2.05, 4.69) is 15.3 Å². The third-order valence-corrected chi connectivity index (χ3v) is 2.39. The first kappa shape index (κ1) is 10.5. The van der Waals surface area contributed by atoms with Crippen molar-refractivity contribution in [1.29, 1.82) is 0 Å². The molecule has 0 spiro atoms. The Balaban J connectivity index is 2.24. The number of hydrogen-bond donors (Lipinski definition) is 2. The van der Waals surface area contributed by atoms with Crippen LogP contribution >= 0.6 is 0 Å². The van der Waals surface area contributed by atoms with Crippen LogP contribution in [-0.2, 0) is 0 Å². The van der Waals surface area contributed by atoms with Crippen LogP contribution in [0.15, 0.2) is 26.7 Å². The Hall–Kier alpha value is -1.98. The zero-order chi connectivity index (χ0) is 11.7. The van der Waals surface area contributed by atoms with Crippen LogP contribution in [0.1, 0.15) is 12.7 Å². The lowest BCUT2D eigenvalue weighted by Gasteiger charge is -2.24. The number of guanidine groups is 2. The molecule has 0 amide bonds. The summed E-state index contributed by atoms with van der Waals surface area (Å²) >= 11 is 0. The van der Waals surface area contributed by atoms with E-state index in [9.17, 15) is 0 Å². The Morgan fingerprint density at radius 1 is 1.50 bits per heavy atom. The summed E-state index contributed by atoms with van der Waals surface area (Å²) in [4.78, 5) is 10.3. The van der Waals surface area contributed by atoms with Crippen LogP contribution < -0.4 is 16.0 Å². The molecule has 1 unspecified atom stereocenters. The first-order valence-electron chi connectivity index (χ1n) is 5.04. The second kappa shape index (κ2) is 3.88. The fourth-order valence-electron chi connectivity index (χ4n) is 1.60. The standard InChI is InChI=1S/C10H15N5O/c1-6-8(4-5-16-6)15(3)10-13-7(2)12-9(11)14-10/h4-5,7H,1-3H3,(H3,11,12,13,14). The van der Waals surface area contributed by atoms with Crippen molar-refractivity contribution in [3.05, 3.63) is 18.1 Å². The van der Waals surface area contributed by atoms with Gasteiger partial charge in [-0.15, -0.1) is 0 Å². The Kier molecular flexibility index (Phi) is 2.55. The lowest BCUT2D eigenvalue weighted by atomic mass is 10.3. The van der Waals surface area contributed by atoms with Gasteiger partial charge in [0.05, 0.1) is 12.0 Å². The van der Waals surface area contributed by atoms with Crippen LogP contribution in [0, 0.1) is 6.92 Å². The zero-order valence-electron chi connectivity index (χ0n) is 9.56. The summed E-state index contributed by atoms with van der Waals surface area (Å²) in [5.41, 5.74) is 6.60. The van der Waals surface area contributed by atoms with Crippen molar-refractivity contribution in [1.82, 2.24) is 5.32 Å². The first-order valence-corrected chi connectivity index (χ1v) is 5.04. The summed E-state index contributed by atoms with van der Waals surface area (Å²) < 4.78 is 5.24. The Morgan fingerprint density at radius 2 is 2.25 bits per heavy atom. The first-order chi connectivity index (χ1) is 7.58. The van der Waals surface area contributed by atoms with Crippen molar-refractivity contribution < 1.29 is 4.42 Å². The van der Waals surface area contributed by atoms with Gasteiger partial charge in [-0.3, -0.25) is 5.32 Å². The Morgan fingerprint density at radius 3 is 2.81 bits per heavy atom. The van der Waals surface area contributed by atoms with Gasteiger partial charge in [-0.05, 0) is 13.8 Å². The highest BCUT2D eigenvalue weighted by atomic mass is 16.3. The van der Waals surface area contributed by atoms with Crippen LogP contribution in [0.25, 0.3) is 0 Å². The lowest BCUT2D eigenvalue weighted by molar-refractivity contribution is 0.534. The van der Waals surface area contributed by atoms with E-state index in [1.54, 1.807) is 6.26 Å². The van der Waals surface area contributed by atoms with Gasteiger partial charge < -0.3 is 15.1 Å². The molecule has 86 valence electrons. The molecule has 0 bridgehead atoms. The third-order valence-electron chi connectivity index (χ3n) is 2.39. The zero-order valence-corrected chi connectivity index (χ0v) is 9.56. The molecule has 1 aliphatic heterocycles. The fraction of sp³-hybridized carbons (Fsp3) is 0.400. The highest BCUT2D eigenvalue weighted by Crippen LogP contribution is 2.20. The summed E-state index contributed by atoms with van der Waals surface area (Å²) in [5.74, 6) is 1.88. The topological polar surface area (TPSA) is 79.2 Å². The maximum atomic E-state index is 5.65. The average Bonchev–Trinajstić information content (AvgIpc) is 2.62. The maximum absolute atomic E-state index is 5.65. The van der Waals surface area contributed by atoms with Crippen LogP contribution in [0.2, 0.25) is 0 Å². The molecular formula is C10H15N5O. The van der Waals surface area contributed by atoms with Gasteiger partial charge in [-0.1, -0.05) is 0 Å². The normalized spacial score (nSPS) is 19.8. The summed E-state index contributed by atoms with van der Waals surface area (Å²) in [5, 5.41) is 2.92. The summed E-state index contributed by atoms with van der Waals surface area (Å²) in [6, 6.07) is 1.88. The van der Waals surface area contributed by atoms with Crippen LogP contribution in [0.4, 0.5) is 5.69 Å². The van der Waals surface area contributed by atoms with Crippen LogP contribution in [0.5, 0.6) is 0 Å². The van der Waals surface area contributed by atoms with Gasteiger partial charge in [-0.25, -0.2) is 9.98 Å². The molecule has 6 heteroatoms. The number of aliphatic imine (C=N–C) groups is 2. The molecule has 0 aliphatic carbocycles. The van der Waals surface area contributed by atoms with Crippen molar-refractivity contribution in [3.63, 3.8) is 0 Å². The van der Waals surface area contributed by atoms with Gasteiger partial charge in [0.15, 0.2) is 5.96 Å². The number of furan rings is 1. The molecule has 6 nitrogen and oxygen atoms in total. The molecular weight excluding hydrogens is 206 g/mol. The third kappa shape index (κ3) is 1.86. The van der Waals surface area contributed by atoms with Gasteiger partial charge in [0, 0.05) is 13.1 Å². The lowest BCUT2D eigenvalue weighted by Crippen LogP contribution is -2.48. The molecule has 1 atom stereocenters. The number of rotatable bonds is 1. The highest BCUT2D eigenvalue weighted by Gasteiger charge is 2.18. The second-order valence-corrected chi connectivity index (χ2v) is 3.64. The van der Waals surface area contributed by atoms with E-state index in [0.29, 0.717) is 11.9 Å². The van der Waals surface area contributed by atoms with Crippen LogP contribution in [0.3, 0.4) is 0 Å². The van der Waals surface area contributed by atoms with E-state index in [-0.39, 0.29) is 6.17 Å². The number of nitrogens with one attached hydrogen (secondary N) is 1. The fourth-order valence-corrected chi connectivity index (χ4v) is 1.60. The van der Waals surface area contributed by atoms with Crippen molar-refractivity contribution in [3.8, 4) is 0 Å². The van der Waals surface area contributed by atoms with Gasteiger partial charge in [0.25, 0.3) is 0 Å². The summed E-state index contributed by atoms with van der Waals surface area (Å²) in [6.07, 6.45) is 1.48. The molecule has 2 heterocycles. The molecule has 0 fully saturated rings. The summed E-state index contributed by atoms with van der Waals surface area (Å²) in [7, 11) is 1.90. The van der Waals surface area contributed by atoms with Crippen molar-refractivity contribution in [2.24, 2.45) is 15.7 Å². The number of hydrogen-bond acceptors (Lipinski definition) is 6. The minimum Gasteiger partial charge on any atom is -0.467 e. The molecule has 0 saturated carbocycles. The predicted octanol–water partition coefficient (Wildman–Crippen LogP) is 0.644. The Bertz CT molecular complexity index is 448. The molecule has 2 rings (SSSR count). The van der Waals surface area contributed by atoms with Gasteiger partial charge in [0.1, 0.15) is 11.9 Å². The largest absolute Gasteiger partial charge is 0.467 e. The highest BCUT2D eigenvalue weighted by molar-refractivity contribution is 6.07. The number of nitrogens with two attached hydrogens (primary N) is 1. The molecule has 1 aliphatic rings. The molecule has 3 N–H and O–H groups in total. The maximum Gasteiger partial charge on any atom is 0.207 e. The van der Waals surface area contributed by atoms with E-state index in [1.807, 2.05) is 31.9 Å². The van der Waals surface area contributed by atoms with Crippen molar-refractivity contribution in [2.45, 2.75) is 20.0 Å². The number of aryl methyl sites for hydroxylation is 1. The quantitative estimate of drug-likeness (QED) is 0.729. The van der Waals surface area contributed by atoms with E-state index in [4.69, 9.17) is 10.2 Å². The molecule has 1 aromatic rings. The SMILES string of the molecule is Cc1occc1N(C)C1=NC(C)N=C(N)N1. The van der Waals surface area contributed by atoms with Crippen LogP contribution in [-0.4, -0.2) is 25.1 Å². The van der Waals surface area contributed by atoms with Crippen molar-refractivity contribution in [2.75, 3.05) is 11.9 Å². The van der Waals surface area contributed by atoms with E-state index in [1.165, 1.54) is 0 Å². The molecule has 0 aromatic carbocycles. The smallest absolute Gasteiger partial charge is 0.207 e. The molecule has 16 heavy (non-hydrogen) atoms. The van der Waals surface area contributed by atoms with Gasteiger partial charge in [-0.2, -0.15) is 0 Å². The predicted molar refractivity (Wildman–Crippen MR) is 63.5 cm³/mol. The average molecular weight is 221 g/mol.